The number of oxazole rings is 1. The summed E-state index contributed by atoms with van der Waals surface area (Å²) in [4.78, 5) is 21.3. The van der Waals surface area contributed by atoms with Crippen molar-refractivity contribution in [1.29, 1.82) is 0 Å². The van der Waals surface area contributed by atoms with Crippen LogP contribution in [-0.2, 0) is 0 Å². The predicted molar refractivity (Wildman–Crippen MR) is 116 cm³/mol. The average molecular weight is 440 g/mol. The van der Waals surface area contributed by atoms with Gasteiger partial charge in [-0.3, -0.25) is 9.78 Å². The van der Waals surface area contributed by atoms with E-state index in [0.29, 0.717) is 56.1 Å². The zero-order valence-corrected chi connectivity index (χ0v) is 17.7. The molecule has 0 fully saturated rings. The third kappa shape index (κ3) is 3.97. The molecule has 0 radical (unpaired) electrons. The summed E-state index contributed by atoms with van der Waals surface area (Å²) in [6, 6.07) is 9.90. The van der Waals surface area contributed by atoms with Gasteiger partial charge in [-0.15, -0.1) is 0 Å². The molecule has 8 nitrogen and oxygen atoms in total. The fourth-order valence-corrected chi connectivity index (χ4v) is 3.28. The van der Waals surface area contributed by atoms with Gasteiger partial charge in [-0.25, -0.2) is 4.98 Å². The average Bonchev–Trinajstić information content (AvgIpc) is 3.23. The van der Waals surface area contributed by atoms with Gasteiger partial charge in [0.05, 0.1) is 38.1 Å². The summed E-state index contributed by atoms with van der Waals surface area (Å²) in [7, 11) is 4.47. The van der Waals surface area contributed by atoms with Crippen molar-refractivity contribution in [2.75, 3.05) is 26.6 Å². The summed E-state index contributed by atoms with van der Waals surface area (Å²) in [6.07, 6.45) is 3.22. The molecule has 2 aromatic carbocycles. The molecule has 2 aromatic heterocycles. The van der Waals surface area contributed by atoms with Gasteiger partial charge in [0.15, 0.2) is 17.1 Å². The number of fused-ring (bicyclic) bond motifs is 1. The van der Waals surface area contributed by atoms with Crippen molar-refractivity contribution in [3.05, 3.63) is 59.4 Å². The predicted octanol–water partition coefficient (Wildman–Crippen LogP) is 4.82. The molecule has 4 aromatic rings. The van der Waals surface area contributed by atoms with Crippen molar-refractivity contribution < 1.29 is 23.4 Å². The number of halogens is 1. The van der Waals surface area contributed by atoms with E-state index in [9.17, 15) is 4.79 Å². The SMILES string of the molecule is COc1cc(C(=O)Nc2ccc(Cl)c(-c3nc4cnccc4o3)c2)cc(OC)c1OC. The largest absolute Gasteiger partial charge is 0.493 e. The van der Waals surface area contributed by atoms with Crippen molar-refractivity contribution in [3.63, 3.8) is 0 Å². The minimum absolute atomic E-state index is 0.330. The van der Waals surface area contributed by atoms with Crippen molar-refractivity contribution in [2.24, 2.45) is 0 Å². The van der Waals surface area contributed by atoms with E-state index in [0.717, 1.165) is 0 Å². The van der Waals surface area contributed by atoms with Crippen molar-refractivity contribution in [3.8, 4) is 28.7 Å². The molecule has 4 rings (SSSR count). The summed E-state index contributed by atoms with van der Waals surface area (Å²) in [6.45, 7) is 0. The number of aromatic nitrogens is 2. The maximum Gasteiger partial charge on any atom is 0.255 e. The van der Waals surface area contributed by atoms with E-state index >= 15 is 0 Å². The number of carbonyl (C=O) groups is 1. The van der Waals surface area contributed by atoms with E-state index in [2.05, 4.69) is 15.3 Å². The van der Waals surface area contributed by atoms with Crippen molar-refractivity contribution in [2.45, 2.75) is 0 Å². The first-order valence-corrected chi connectivity index (χ1v) is 9.53. The Labute approximate surface area is 182 Å². The van der Waals surface area contributed by atoms with Crippen LogP contribution in [0.25, 0.3) is 22.6 Å². The van der Waals surface area contributed by atoms with Crippen LogP contribution in [0.15, 0.2) is 53.2 Å². The van der Waals surface area contributed by atoms with E-state index < -0.39 is 0 Å². The Morgan fingerprint density at radius 2 is 1.77 bits per heavy atom. The van der Waals surface area contributed by atoms with Gasteiger partial charge in [0.2, 0.25) is 11.6 Å². The van der Waals surface area contributed by atoms with Crippen LogP contribution in [0.2, 0.25) is 5.02 Å². The smallest absolute Gasteiger partial charge is 0.255 e. The van der Waals surface area contributed by atoms with Crippen LogP contribution in [0.1, 0.15) is 10.4 Å². The third-order valence-corrected chi connectivity index (χ3v) is 4.90. The van der Waals surface area contributed by atoms with Crippen LogP contribution < -0.4 is 19.5 Å². The minimum atomic E-state index is -0.366. The van der Waals surface area contributed by atoms with Crippen molar-refractivity contribution >= 4 is 34.3 Å². The number of nitrogens with zero attached hydrogens (tertiary/aromatic N) is 2. The second kappa shape index (κ2) is 8.53. The Morgan fingerprint density at radius 3 is 2.42 bits per heavy atom. The highest BCUT2D eigenvalue weighted by Gasteiger charge is 2.18. The molecule has 158 valence electrons. The monoisotopic (exact) mass is 439 g/mol. The lowest BCUT2D eigenvalue weighted by Gasteiger charge is -2.14. The van der Waals surface area contributed by atoms with E-state index in [-0.39, 0.29) is 5.91 Å². The summed E-state index contributed by atoms with van der Waals surface area (Å²) in [5.41, 5.74) is 2.59. The molecular formula is C22H18ClN3O5. The Bertz CT molecular complexity index is 1210. The fraction of sp³-hybridized carbons (Fsp3) is 0.136. The molecule has 0 aliphatic carbocycles. The molecular weight excluding hydrogens is 422 g/mol. The molecule has 0 spiro atoms. The van der Waals surface area contributed by atoms with Gasteiger partial charge >= 0.3 is 0 Å². The molecule has 9 heteroatoms. The molecule has 0 unspecified atom stereocenters. The van der Waals surface area contributed by atoms with Crippen molar-refractivity contribution in [1.82, 2.24) is 9.97 Å². The Balaban J connectivity index is 1.66. The standard InChI is InChI=1S/C22H18ClN3O5/c1-28-18-8-12(9-19(29-2)20(18)30-3)21(27)25-13-4-5-15(23)14(10-13)22-26-16-11-24-7-6-17(16)31-22/h4-11H,1-3H3,(H,25,27). The summed E-state index contributed by atoms with van der Waals surface area (Å²) >= 11 is 6.35. The van der Waals surface area contributed by atoms with Crippen LogP contribution in [0, 0.1) is 0 Å². The van der Waals surface area contributed by atoms with Gasteiger partial charge in [-0.2, -0.15) is 0 Å². The number of hydrogen-bond donors (Lipinski definition) is 1. The number of benzene rings is 2. The van der Waals surface area contributed by atoms with Crippen LogP contribution >= 0.6 is 11.6 Å². The Hall–Kier alpha value is -3.78. The zero-order chi connectivity index (χ0) is 22.0. The molecule has 0 aliphatic heterocycles. The molecule has 0 atom stereocenters. The maximum atomic E-state index is 12.9. The normalized spacial score (nSPS) is 10.7. The number of ether oxygens (including phenoxy) is 3. The fourth-order valence-electron chi connectivity index (χ4n) is 3.08. The second-order valence-electron chi connectivity index (χ2n) is 6.43. The van der Waals surface area contributed by atoms with Crippen LogP contribution in [0.4, 0.5) is 5.69 Å². The molecule has 0 aliphatic rings. The lowest BCUT2D eigenvalue weighted by Crippen LogP contribution is -2.12. The number of pyridine rings is 1. The molecule has 0 saturated heterocycles. The third-order valence-electron chi connectivity index (χ3n) is 4.57. The first-order valence-electron chi connectivity index (χ1n) is 9.16. The molecule has 2 heterocycles. The molecule has 0 saturated carbocycles. The van der Waals surface area contributed by atoms with E-state index in [1.165, 1.54) is 21.3 Å². The summed E-state index contributed by atoms with van der Waals surface area (Å²) < 4.78 is 21.7. The van der Waals surface area contributed by atoms with Gasteiger partial charge in [0.1, 0.15) is 5.52 Å². The quantitative estimate of drug-likeness (QED) is 0.460. The lowest BCUT2D eigenvalue weighted by atomic mass is 10.1. The van der Waals surface area contributed by atoms with E-state index in [1.54, 1.807) is 48.8 Å². The van der Waals surface area contributed by atoms with E-state index in [4.69, 9.17) is 30.2 Å². The number of nitrogens with one attached hydrogen (secondary N) is 1. The van der Waals surface area contributed by atoms with E-state index in [1.807, 2.05) is 0 Å². The van der Waals surface area contributed by atoms with Gasteiger partial charge < -0.3 is 23.9 Å². The van der Waals surface area contributed by atoms with Gasteiger partial charge in [0.25, 0.3) is 5.91 Å². The highest BCUT2D eigenvalue weighted by molar-refractivity contribution is 6.33. The van der Waals surface area contributed by atoms with Gasteiger partial charge in [-0.05, 0) is 30.3 Å². The van der Waals surface area contributed by atoms with Gasteiger partial charge in [-0.1, -0.05) is 11.6 Å². The summed E-state index contributed by atoms with van der Waals surface area (Å²) in [5.74, 6) is 1.12. The number of rotatable bonds is 6. The van der Waals surface area contributed by atoms with Crippen LogP contribution in [0.3, 0.4) is 0 Å². The van der Waals surface area contributed by atoms with Crippen LogP contribution in [0.5, 0.6) is 17.2 Å². The highest BCUT2D eigenvalue weighted by Crippen LogP contribution is 2.38. The Kier molecular flexibility index (Phi) is 5.64. The number of methoxy groups -OCH3 is 3. The number of carbonyl (C=O) groups excluding carboxylic acids is 1. The van der Waals surface area contributed by atoms with Gasteiger partial charge in [0, 0.05) is 23.5 Å². The minimum Gasteiger partial charge on any atom is -0.493 e. The highest BCUT2D eigenvalue weighted by atomic mass is 35.5. The first-order chi connectivity index (χ1) is 15.0. The number of amides is 1. The second-order valence-corrected chi connectivity index (χ2v) is 6.83. The maximum absolute atomic E-state index is 12.9. The Morgan fingerprint density at radius 1 is 1.03 bits per heavy atom. The molecule has 0 bridgehead atoms. The zero-order valence-electron chi connectivity index (χ0n) is 16.9. The topological polar surface area (TPSA) is 95.7 Å². The first kappa shape index (κ1) is 20.5. The molecule has 1 N–H and O–H groups in total. The molecule has 1 amide bonds. The number of hydrogen-bond acceptors (Lipinski definition) is 7. The molecule has 31 heavy (non-hydrogen) atoms. The summed E-state index contributed by atoms with van der Waals surface area (Å²) in [5, 5.41) is 3.27. The van der Waals surface area contributed by atoms with Crippen LogP contribution in [-0.4, -0.2) is 37.2 Å². The number of anilines is 1. The lowest BCUT2D eigenvalue weighted by molar-refractivity contribution is 0.102.